The van der Waals surface area contributed by atoms with Gasteiger partial charge in [0.15, 0.2) is 11.5 Å². The Labute approximate surface area is 109 Å². The lowest BCUT2D eigenvalue weighted by Crippen LogP contribution is -1.92. The van der Waals surface area contributed by atoms with Gasteiger partial charge >= 0.3 is 0 Å². The molecule has 3 heteroatoms. The molecule has 0 saturated carbocycles. The van der Waals surface area contributed by atoms with E-state index < -0.39 is 0 Å². The first-order valence-corrected chi connectivity index (χ1v) is 6.30. The molecule has 0 aliphatic carbocycles. The molecule has 2 rings (SSSR count). The number of aryl methyl sites for hydroxylation is 1. The molecule has 17 heavy (non-hydrogen) atoms. The Kier molecular flexibility index (Phi) is 3.48. The summed E-state index contributed by atoms with van der Waals surface area (Å²) in [7, 11) is 0. The standard InChI is InChI=1S/C14H13BrO2/c1-3-12(16)14-7-6-13(17-14)11-5-4-10(15)8-9(11)2/h4-8H,3H2,1-2H3. The fourth-order valence-electron chi connectivity index (χ4n) is 1.71. The first-order chi connectivity index (χ1) is 8.11. The summed E-state index contributed by atoms with van der Waals surface area (Å²) in [4.78, 5) is 11.5. The smallest absolute Gasteiger partial charge is 0.197 e. The van der Waals surface area contributed by atoms with Crippen molar-refractivity contribution in [3.63, 3.8) is 0 Å². The van der Waals surface area contributed by atoms with Crippen LogP contribution in [0.2, 0.25) is 0 Å². The van der Waals surface area contributed by atoms with Gasteiger partial charge in [0, 0.05) is 16.5 Å². The number of ketones is 1. The lowest BCUT2D eigenvalue weighted by molar-refractivity contribution is 0.0962. The number of carbonyl (C=O) groups excluding carboxylic acids is 1. The Balaban J connectivity index is 2.40. The number of rotatable bonds is 3. The predicted molar refractivity (Wildman–Crippen MR) is 71.2 cm³/mol. The van der Waals surface area contributed by atoms with Gasteiger partial charge in [0.1, 0.15) is 5.76 Å². The van der Waals surface area contributed by atoms with Crippen molar-refractivity contribution in [3.8, 4) is 11.3 Å². The van der Waals surface area contributed by atoms with Gasteiger partial charge in [-0.1, -0.05) is 22.9 Å². The van der Waals surface area contributed by atoms with Crippen molar-refractivity contribution in [2.75, 3.05) is 0 Å². The van der Waals surface area contributed by atoms with Crippen LogP contribution in [0.3, 0.4) is 0 Å². The fourth-order valence-corrected chi connectivity index (χ4v) is 2.19. The average Bonchev–Trinajstić information content (AvgIpc) is 2.77. The zero-order valence-corrected chi connectivity index (χ0v) is 11.4. The summed E-state index contributed by atoms with van der Waals surface area (Å²) in [5.74, 6) is 1.21. The minimum absolute atomic E-state index is 0.0333. The number of Topliss-reactive ketones (excluding diaryl/α,β-unsaturated/α-hetero) is 1. The highest BCUT2D eigenvalue weighted by Crippen LogP contribution is 2.28. The van der Waals surface area contributed by atoms with Gasteiger partial charge in [-0.05, 0) is 42.8 Å². The summed E-state index contributed by atoms with van der Waals surface area (Å²) in [6, 6.07) is 9.56. The molecular weight excluding hydrogens is 280 g/mol. The molecule has 0 aliphatic heterocycles. The van der Waals surface area contributed by atoms with E-state index in [1.54, 1.807) is 6.07 Å². The van der Waals surface area contributed by atoms with E-state index in [0.29, 0.717) is 12.2 Å². The van der Waals surface area contributed by atoms with E-state index >= 15 is 0 Å². The maximum atomic E-state index is 11.5. The van der Waals surface area contributed by atoms with Gasteiger partial charge in [0.25, 0.3) is 0 Å². The van der Waals surface area contributed by atoms with Crippen LogP contribution in [0, 0.1) is 6.92 Å². The van der Waals surface area contributed by atoms with Crippen LogP contribution in [-0.2, 0) is 0 Å². The van der Waals surface area contributed by atoms with E-state index in [0.717, 1.165) is 21.4 Å². The number of hydrogen-bond donors (Lipinski definition) is 0. The van der Waals surface area contributed by atoms with Crippen molar-refractivity contribution >= 4 is 21.7 Å². The maximum Gasteiger partial charge on any atom is 0.197 e. The average molecular weight is 293 g/mol. The maximum absolute atomic E-state index is 11.5. The van der Waals surface area contributed by atoms with Gasteiger partial charge in [-0.25, -0.2) is 0 Å². The van der Waals surface area contributed by atoms with Gasteiger partial charge in [0.05, 0.1) is 0 Å². The summed E-state index contributed by atoms with van der Waals surface area (Å²) in [5, 5.41) is 0. The van der Waals surface area contributed by atoms with Crippen molar-refractivity contribution in [2.45, 2.75) is 20.3 Å². The first kappa shape index (κ1) is 12.1. The van der Waals surface area contributed by atoms with Crippen molar-refractivity contribution in [3.05, 3.63) is 46.1 Å². The highest BCUT2D eigenvalue weighted by atomic mass is 79.9. The highest BCUT2D eigenvalue weighted by molar-refractivity contribution is 9.10. The molecule has 1 aromatic carbocycles. The second-order valence-electron chi connectivity index (χ2n) is 3.90. The zero-order chi connectivity index (χ0) is 12.4. The molecule has 1 heterocycles. The molecule has 0 radical (unpaired) electrons. The van der Waals surface area contributed by atoms with Gasteiger partial charge in [-0.15, -0.1) is 0 Å². The second kappa shape index (κ2) is 4.88. The molecule has 88 valence electrons. The van der Waals surface area contributed by atoms with Crippen molar-refractivity contribution in [1.29, 1.82) is 0 Å². The first-order valence-electron chi connectivity index (χ1n) is 5.51. The molecule has 0 bridgehead atoms. The van der Waals surface area contributed by atoms with Crippen LogP contribution in [0.15, 0.2) is 39.2 Å². The Morgan fingerprint density at radius 2 is 2.06 bits per heavy atom. The van der Waals surface area contributed by atoms with E-state index in [1.165, 1.54) is 0 Å². The molecule has 0 atom stereocenters. The minimum atomic E-state index is 0.0333. The molecular formula is C14H13BrO2. The molecule has 0 N–H and O–H groups in total. The third-order valence-corrected chi connectivity index (χ3v) is 3.15. The Bertz CT molecular complexity index is 555. The summed E-state index contributed by atoms with van der Waals surface area (Å²) in [6.07, 6.45) is 0.465. The fraction of sp³-hybridized carbons (Fsp3) is 0.214. The second-order valence-corrected chi connectivity index (χ2v) is 4.82. The molecule has 1 aromatic heterocycles. The number of hydrogen-bond acceptors (Lipinski definition) is 2. The molecule has 2 aromatic rings. The van der Waals surface area contributed by atoms with Crippen LogP contribution in [0.5, 0.6) is 0 Å². The third-order valence-electron chi connectivity index (χ3n) is 2.66. The predicted octanol–water partition coefficient (Wildman–Crippen LogP) is 4.61. The Hall–Kier alpha value is -1.35. The molecule has 0 fully saturated rings. The van der Waals surface area contributed by atoms with Crippen LogP contribution in [0.25, 0.3) is 11.3 Å². The van der Waals surface area contributed by atoms with Crippen molar-refractivity contribution in [1.82, 2.24) is 0 Å². The van der Waals surface area contributed by atoms with Crippen LogP contribution in [0.1, 0.15) is 29.5 Å². The largest absolute Gasteiger partial charge is 0.453 e. The van der Waals surface area contributed by atoms with Gasteiger partial charge in [-0.2, -0.15) is 0 Å². The number of halogens is 1. The third kappa shape index (κ3) is 2.50. The van der Waals surface area contributed by atoms with E-state index in [1.807, 2.05) is 38.1 Å². The van der Waals surface area contributed by atoms with E-state index in [9.17, 15) is 4.79 Å². The number of furan rings is 1. The number of carbonyl (C=O) groups is 1. The van der Waals surface area contributed by atoms with E-state index in [4.69, 9.17) is 4.42 Å². The molecule has 0 spiro atoms. The number of benzene rings is 1. The minimum Gasteiger partial charge on any atom is -0.453 e. The van der Waals surface area contributed by atoms with Crippen LogP contribution in [0.4, 0.5) is 0 Å². The quantitative estimate of drug-likeness (QED) is 0.773. The monoisotopic (exact) mass is 292 g/mol. The van der Waals surface area contributed by atoms with E-state index in [2.05, 4.69) is 15.9 Å². The SMILES string of the molecule is CCC(=O)c1ccc(-c2ccc(Br)cc2C)o1. The van der Waals surface area contributed by atoms with Crippen molar-refractivity contribution in [2.24, 2.45) is 0 Å². The van der Waals surface area contributed by atoms with Gasteiger partial charge < -0.3 is 4.42 Å². The zero-order valence-electron chi connectivity index (χ0n) is 9.79. The van der Waals surface area contributed by atoms with Crippen molar-refractivity contribution < 1.29 is 9.21 Å². The summed E-state index contributed by atoms with van der Waals surface area (Å²) >= 11 is 3.42. The normalized spacial score (nSPS) is 10.5. The Morgan fingerprint density at radius 3 is 2.71 bits per heavy atom. The summed E-state index contributed by atoms with van der Waals surface area (Å²) < 4.78 is 6.62. The molecule has 0 unspecified atom stereocenters. The van der Waals surface area contributed by atoms with Gasteiger partial charge in [0.2, 0.25) is 0 Å². The molecule has 0 amide bonds. The lowest BCUT2D eigenvalue weighted by Gasteiger charge is -2.02. The topological polar surface area (TPSA) is 30.2 Å². The molecule has 0 aliphatic rings. The van der Waals surface area contributed by atoms with Crippen LogP contribution in [-0.4, -0.2) is 5.78 Å². The molecule has 2 nitrogen and oxygen atoms in total. The Morgan fingerprint density at radius 1 is 1.29 bits per heavy atom. The summed E-state index contributed by atoms with van der Waals surface area (Å²) in [5.41, 5.74) is 2.13. The van der Waals surface area contributed by atoms with Crippen LogP contribution < -0.4 is 0 Å². The van der Waals surface area contributed by atoms with Gasteiger partial charge in [-0.3, -0.25) is 4.79 Å². The summed E-state index contributed by atoms with van der Waals surface area (Å²) in [6.45, 7) is 3.85. The van der Waals surface area contributed by atoms with Crippen LogP contribution >= 0.6 is 15.9 Å². The molecule has 0 saturated heterocycles. The highest BCUT2D eigenvalue weighted by Gasteiger charge is 2.11. The lowest BCUT2D eigenvalue weighted by atomic mass is 10.1. The van der Waals surface area contributed by atoms with E-state index in [-0.39, 0.29) is 5.78 Å².